The Morgan fingerprint density at radius 3 is 2.24 bits per heavy atom. The molecule has 0 saturated carbocycles. The Morgan fingerprint density at radius 1 is 0.929 bits per heavy atom. The van der Waals surface area contributed by atoms with Crippen LogP contribution in [0.2, 0.25) is 10.0 Å². The molecule has 1 aliphatic heterocycles. The fourth-order valence-electron chi connectivity index (χ4n) is 5.04. The second-order valence-electron chi connectivity index (χ2n) is 10.3. The van der Waals surface area contributed by atoms with Crippen LogP contribution in [-0.2, 0) is 11.3 Å². The highest BCUT2D eigenvalue weighted by molar-refractivity contribution is 7.18. The Hall–Kier alpha value is -3.65. The summed E-state index contributed by atoms with van der Waals surface area (Å²) in [5.41, 5.74) is 2.77. The molecule has 0 radical (unpaired) electrons. The van der Waals surface area contributed by atoms with E-state index in [1.165, 1.54) is 18.3 Å². The molecular formula is C33H30Cl2N2O4S. The summed E-state index contributed by atoms with van der Waals surface area (Å²) >= 11 is 14.0. The number of thiophene rings is 1. The fraction of sp³-hybridized carbons (Fsp3) is 0.242. The van der Waals surface area contributed by atoms with Gasteiger partial charge in [-0.25, -0.2) is 4.79 Å². The smallest absolute Gasteiger partial charge is 0.410 e. The van der Waals surface area contributed by atoms with Gasteiger partial charge >= 0.3 is 6.09 Å². The number of amides is 2. The second-order valence-corrected chi connectivity index (χ2v) is 12.2. The number of ketones is 1. The van der Waals surface area contributed by atoms with Crippen LogP contribution in [0.5, 0.6) is 0 Å². The summed E-state index contributed by atoms with van der Waals surface area (Å²) in [6.45, 7) is 3.14. The number of Topliss-reactive ketones (excluding diaryl/α,β-unsaturated/α-hetero) is 1. The van der Waals surface area contributed by atoms with Crippen LogP contribution in [-0.4, -0.2) is 42.3 Å². The van der Waals surface area contributed by atoms with E-state index in [1.807, 2.05) is 66.7 Å². The van der Waals surface area contributed by atoms with Gasteiger partial charge in [-0.2, -0.15) is 0 Å². The zero-order valence-electron chi connectivity index (χ0n) is 23.1. The van der Waals surface area contributed by atoms with Crippen LogP contribution in [0.3, 0.4) is 0 Å². The maximum absolute atomic E-state index is 14.1. The molecule has 4 aromatic rings. The first-order valence-corrected chi connectivity index (χ1v) is 15.3. The Balaban J connectivity index is 1.37. The van der Waals surface area contributed by atoms with Crippen molar-refractivity contribution in [1.29, 1.82) is 0 Å². The number of halogens is 2. The topological polar surface area (TPSA) is 66.9 Å². The first-order valence-electron chi connectivity index (χ1n) is 13.7. The Morgan fingerprint density at radius 2 is 1.60 bits per heavy atom. The van der Waals surface area contributed by atoms with E-state index in [-0.39, 0.29) is 35.3 Å². The molecule has 0 spiro atoms. The van der Waals surface area contributed by atoms with Crippen molar-refractivity contribution < 1.29 is 19.1 Å². The average molecular weight is 622 g/mol. The summed E-state index contributed by atoms with van der Waals surface area (Å²) in [5, 5.41) is 0.678. The maximum atomic E-state index is 14.1. The van der Waals surface area contributed by atoms with Crippen LogP contribution in [0, 0.1) is 5.92 Å². The van der Waals surface area contributed by atoms with Crippen LogP contribution in [0.15, 0.2) is 84.9 Å². The summed E-state index contributed by atoms with van der Waals surface area (Å²) in [5.74, 6) is -0.326. The molecule has 1 aliphatic rings. The molecule has 0 atom stereocenters. The van der Waals surface area contributed by atoms with Gasteiger partial charge in [0.1, 0.15) is 6.61 Å². The standard InChI is InChI=1S/C33H30Cl2N2O4S/c1-22(38)31-29(19-30(42-31)25-10-6-3-7-11-25)37(32(39)27-13-12-26(34)18-28(27)35)20-23-14-16-36(17-15-23)33(40)41-21-24-8-4-2-5-9-24/h2-13,18-19,23H,14-17,20-21H2,1H3. The number of piperidine rings is 1. The molecule has 0 aliphatic carbocycles. The van der Waals surface area contributed by atoms with E-state index in [4.69, 9.17) is 27.9 Å². The van der Waals surface area contributed by atoms with Crippen molar-refractivity contribution in [2.45, 2.75) is 26.4 Å². The number of benzene rings is 3. The zero-order valence-corrected chi connectivity index (χ0v) is 25.4. The predicted octanol–water partition coefficient (Wildman–Crippen LogP) is 8.62. The van der Waals surface area contributed by atoms with Crippen LogP contribution in [0.1, 0.15) is 45.4 Å². The number of anilines is 1. The molecule has 1 saturated heterocycles. The van der Waals surface area contributed by atoms with Crippen molar-refractivity contribution in [3.05, 3.63) is 111 Å². The average Bonchev–Trinajstić information content (AvgIpc) is 3.45. The van der Waals surface area contributed by atoms with E-state index in [0.29, 0.717) is 53.6 Å². The van der Waals surface area contributed by atoms with Gasteiger partial charge in [0.15, 0.2) is 5.78 Å². The Bertz CT molecular complexity index is 1570. The predicted molar refractivity (Wildman–Crippen MR) is 169 cm³/mol. The van der Waals surface area contributed by atoms with Gasteiger partial charge in [0.05, 0.1) is 21.2 Å². The van der Waals surface area contributed by atoms with Crippen molar-refractivity contribution in [3.8, 4) is 10.4 Å². The van der Waals surface area contributed by atoms with Gasteiger partial charge in [-0.3, -0.25) is 9.59 Å². The lowest BCUT2D eigenvalue weighted by Gasteiger charge is -2.34. The van der Waals surface area contributed by atoms with Gasteiger partial charge < -0.3 is 14.5 Å². The monoisotopic (exact) mass is 620 g/mol. The molecule has 216 valence electrons. The third-order valence-corrected chi connectivity index (χ3v) is 9.13. The minimum atomic E-state index is -0.345. The van der Waals surface area contributed by atoms with Gasteiger partial charge in [0.2, 0.25) is 0 Å². The van der Waals surface area contributed by atoms with Crippen molar-refractivity contribution in [3.63, 3.8) is 0 Å². The molecule has 1 fully saturated rings. The van der Waals surface area contributed by atoms with E-state index < -0.39 is 0 Å². The van der Waals surface area contributed by atoms with E-state index >= 15 is 0 Å². The summed E-state index contributed by atoms with van der Waals surface area (Å²) in [4.78, 5) is 44.4. The summed E-state index contributed by atoms with van der Waals surface area (Å²) in [6.07, 6.45) is 1.02. The van der Waals surface area contributed by atoms with Gasteiger partial charge in [0.25, 0.3) is 5.91 Å². The van der Waals surface area contributed by atoms with Crippen molar-refractivity contribution in [2.24, 2.45) is 5.92 Å². The Kier molecular flexibility index (Phi) is 9.62. The lowest BCUT2D eigenvalue weighted by Crippen LogP contribution is -2.43. The normalized spacial score (nSPS) is 13.5. The van der Waals surface area contributed by atoms with Gasteiger partial charge in [-0.15, -0.1) is 11.3 Å². The molecule has 2 amide bonds. The SMILES string of the molecule is CC(=O)c1sc(-c2ccccc2)cc1N(CC1CCN(C(=O)OCc2ccccc2)CC1)C(=O)c1ccc(Cl)cc1Cl. The van der Waals surface area contributed by atoms with Gasteiger partial charge in [0, 0.05) is 36.5 Å². The molecular weight excluding hydrogens is 591 g/mol. The lowest BCUT2D eigenvalue weighted by atomic mass is 9.95. The minimum Gasteiger partial charge on any atom is -0.445 e. The largest absolute Gasteiger partial charge is 0.445 e. The van der Waals surface area contributed by atoms with Crippen molar-refractivity contribution in [2.75, 3.05) is 24.5 Å². The molecule has 0 bridgehead atoms. The highest BCUT2D eigenvalue weighted by Crippen LogP contribution is 2.39. The first-order chi connectivity index (χ1) is 20.3. The number of ether oxygens (including phenoxy) is 1. The molecule has 9 heteroatoms. The van der Waals surface area contributed by atoms with Crippen LogP contribution < -0.4 is 4.90 Å². The number of carbonyl (C=O) groups is 3. The number of nitrogens with zero attached hydrogens (tertiary/aromatic N) is 2. The summed E-state index contributed by atoms with van der Waals surface area (Å²) in [6, 6.07) is 26.1. The number of carbonyl (C=O) groups excluding carboxylic acids is 3. The molecule has 0 N–H and O–H groups in total. The number of hydrogen-bond donors (Lipinski definition) is 0. The second kappa shape index (κ2) is 13.6. The summed E-state index contributed by atoms with van der Waals surface area (Å²) < 4.78 is 5.52. The lowest BCUT2D eigenvalue weighted by molar-refractivity contribution is 0.0814. The van der Waals surface area contributed by atoms with Crippen molar-refractivity contribution in [1.82, 2.24) is 4.90 Å². The molecule has 1 aromatic heterocycles. The third-order valence-electron chi connectivity index (χ3n) is 7.31. The fourth-order valence-corrected chi connectivity index (χ4v) is 6.60. The summed E-state index contributed by atoms with van der Waals surface area (Å²) in [7, 11) is 0. The highest BCUT2D eigenvalue weighted by Gasteiger charge is 2.31. The third kappa shape index (κ3) is 7.04. The molecule has 6 nitrogen and oxygen atoms in total. The van der Waals surface area contributed by atoms with Gasteiger partial charge in [-0.05, 0) is 54.2 Å². The number of likely N-dealkylation sites (tertiary alicyclic amines) is 1. The maximum Gasteiger partial charge on any atom is 0.410 e. The van der Waals surface area contributed by atoms with Crippen LogP contribution >= 0.6 is 34.5 Å². The van der Waals surface area contributed by atoms with E-state index in [9.17, 15) is 14.4 Å². The zero-order chi connectivity index (χ0) is 29.6. The van der Waals surface area contributed by atoms with E-state index in [2.05, 4.69) is 0 Å². The molecule has 42 heavy (non-hydrogen) atoms. The molecule has 5 rings (SSSR count). The number of rotatable bonds is 8. The Labute approximate surface area is 259 Å². The molecule has 0 unspecified atom stereocenters. The van der Waals surface area contributed by atoms with E-state index in [0.717, 1.165) is 16.0 Å². The van der Waals surface area contributed by atoms with Crippen molar-refractivity contribution >= 4 is 58.0 Å². The molecule has 2 heterocycles. The van der Waals surface area contributed by atoms with E-state index in [1.54, 1.807) is 28.0 Å². The number of hydrogen-bond acceptors (Lipinski definition) is 5. The highest BCUT2D eigenvalue weighted by atomic mass is 35.5. The van der Waals surface area contributed by atoms with Crippen LogP contribution in [0.25, 0.3) is 10.4 Å². The first kappa shape index (κ1) is 29.8. The van der Waals surface area contributed by atoms with Gasteiger partial charge in [-0.1, -0.05) is 83.9 Å². The molecule has 3 aromatic carbocycles. The minimum absolute atomic E-state index is 0.0954. The quantitative estimate of drug-likeness (QED) is 0.185. The van der Waals surface area contributed by atoms with Crippen LogP contribution in [0.4, 0.5) is 10.5 Å².